The van der Waals surface area contributed by atoms with Gasteiger partial charge in [0.2, 0.25) is 11.2 Å². The van der Waals surface area contributed by atoms with Crippen molar-refractivity contribution in [3.63, 3.8) is 0 Å². The number of nitrogens with one attached hydrogen (secondary N) is 1. The molecule has 0 aliphatic carbocycles. The summed E-state index contributed by atoms with van der Waals surface area (Å²) in [5.74, 6) is -0.162. The topological polar surface area (TPSA) is 66.2 Å². The van der Waals surface area contributed by atoms with Crippen LogP contribution in [0.25, 0.3) is 33.2 Å². The van der Waals surface area contributed by atoms with Gasteiger partial charge < -0.3 is 14.5 Å². The monoisotopic (exact) mass is 277 g/mol. The summed E-state index contributed by atoms with van der Waals surface area (Å²) in [4.78, 5) is 15.3. The van der Waals surface area contributed by atoms with Crippen LogP contribution in [0.1, 0.15) is 0 Å². The number of benzene rings is 2. The number of hydrogen-bond donors (Lipinski definition) is 2. The predicted molar refractivity (Wildman–Crippen MR) is 81.4 cm³/mol. The fourth-order valence-electron chi connectivity index (χ4n) is 2.52. The fraction of sp³-hybridized carbons (Fsp3) is 0. The zero-order valence-electron chi connectivity index (χ0n) is 11.0. The molecule has 21 heavy (non-hydrogen) atoms. The van der Waals surface area contributed by atoms with Gasteiger partial charge in [-0.15, -0.1) is 0 Å². The number of aromatic nitrogens is 1. The Morgan fingerprint density at radius 3 is 2.81 bits per heavy atom. The van der Waals surface area contributed by atoms with E-state index in [9.17, 15) is 9.90 Å². The molecule has 4 rings (SSSR count). The Morgan fingerprint density at radius 1 is 1.05 bits per heavy atom. The summed E-state index contributed by atoms with van der Waals surface area (Å²) in [6.45, 7) is 0. The second kappa shape index (κ2) is 4.24. The van der Waals surface area contributed by atoms with Crippen LogP contribution in [0, 0.1) is 0 Å². The second-order valence-electron chi connectivity index (χ2n) is 4.88. The predicted octanol–water partition coefficient (Wildman–Crippen LogP) is 3.65. The Hall–Kier alpha value is -3.01. The molecule has 0 bridgehead atoms. The zero-order chi connectivity index (χ0) is 14.4. The Bertz CT molecular complexity index is 1030. The molecule has 2 aromatic carbocycles. The maximum atomic E-state index is 12.2. The molecule has 2 aromatic heterocycles. The largest absolute Gasteiger partial charge is 0.502 e. The lowest BCUT2D eigenvalue weighted by Gasteiger charge is -2.06. The van der Waals surface area contributed by atoms with Gasteiger partial charge in [-0.25, -0.2) is 0 Å². The molecule has 0 fully saturated rings. The summed E-state index contributed by atoms with van der Waals surface area (Å²) in [7, 11) is 0. The smallest absolute Gasteiger partial charge is 0.235 e. The molecule has 102 valence electrons. The number of fused-ring (bicyclic) bond motifs is 2. The third-order valence-corrected chi connectivity index (χ3v) is 3.59. The van der Waals surface area contributed by atoms with Crippen molar-refractivity contribution in [1.29, 1.82) is 0 Å². The average Bonchev–Trinajstić information content (AvgIpc) is 2.98. The molecule has 0 saturated carbocycles. The summed E-state index contributed by atoms with van der Waals surface area (Å²) >= 11 is 0. The molecule has 2 heterocycles. The van der Waals surface area contributed by atoms with Gasteiger partial charge in [0, 0.05) is 22.7 Å². The minimum Gasteiger partial charge on any atom is -0.502 e. The van der Waals surface area contributed by atoms with E-state index in [1.165, 1.54) is 0 Å². The van der Waals surface area contributed by atoms with Gasteiger partial charge in [-0.05, 0) is 36.4 Å². The summed E-state index contributed by atoms with van der Waals surface area (Å²) < 4.78 is 5.72. The third kappa shape index (κ3) is 1.73. The SMILES string of the molecule is O=c1c(O)c(-c2ccc3[nH]ccc3c2)oc2ccccc12. The van der Waals surface area contributed by atoms with Crippen molar-refractivity contribution in [3.8, 4) is 17.1 Å². The Labute approximate surface area is 119 Å². The highest BCUT2D eigenvalue weighted by atomic mass is 16.4. The molecular weight excluding hydrogens is 266 g/mol. The van der Waals surface area contributed by atoms with E-state index in [0.29, 0.717) is 16.5 Å². The molecular formula is C17H11NO3. The lowest BCUT2D eigenvalue weighted by molar-refractivity contribution is 0.449. The van der Waals surface area contributed by atoms with Crippen molar-refractivity contribution in [2.24, 2.45) is 0 Å². The van der Waals surface area contributed by atoms with E-state index < -0.39 is 5.43 Å². The number of aromatic hydroxyl groups is 1. The van der Waals surface area contributed by atoms with Crippen molar-refractivity contribution in [1.82, 2.24) is 4.98 Å². The molecule has 0 radical (unpaired) electrons. The van der Waals surface area contributed by atoms with Gasteiger partial charge in [-0.3, -0.25) is 4.79 Å². The van der Waals surface area contributed by atoms with E-state index in [0.717, 1.165) is 10.9 Å². The van der Waals surface area contributed by atoms with E-state index >= 15 is 0 Å². The maximum Gasteiger partial charge on any atom is 0.235 e. The fourth-order valence-corrected chi connectivity index (χ4v) is 2.52. The van der Waals surface area contributed by atoms with Crippen LogP contribution in [-0.2, 0) is 0 Å². The zero-order valence-corrected chi connectivity index (χ0v) is 11.0. The first-order valence-electron chi connectivity index (χ1n) is 6.56. The number of aromatic amines is 1. The van der Waals surface area contributed by atoms with E-state index in [2.05, 4.69) is 4.98 Å². The van der Waals surface area contributed by atoms with Gasteiger partial charge in [-0.1, -0.05) is 12.1 Å². The summed E-state index contributed by atoms with van der Waals surface area (Å²) in [5, 5.41) is 11.5. The highest BCUT2D eigenvalue weighted by Crippen LogP contribution is 2.31. The average molecular weight is 277 g/mol. The van der Waals surface area contributed by atoms with Crippen LogP contribution in [-0.4, -0.2) is 10.1 Å². The van der Waals surface area contributed by atoms with Gasteiger partial charge in [-0.2, -0.15) is 0 Å². The van der Waals surface area contributed by atoms with E-state index in [-0.39, 0.29) is 11.5 Å². The number of hydrogen-bond acceptors (Lipinski definition) is 3. The molecule has 4 aromatic rings. The van der Waals surface area contributed by atoms with Gasteiger partial charge in [0.05, 0.1) is 5.39 Å². The number of H-pyrrole nitrogens is 1. The highest BCUT2D eigenvalue weighted by Gasteiger charge is 2.15. The first-order valence-corrected chi connectivity index (χ1v) is 6.56. The third-order valence-electron chi connectivity index (χ3n) is 3.59. The normalized spacial score (nSPS) is 11.2. The first kappa shape index (κ1) is 11.8. The minimum atomic E-state index is -0.416. The first-order chi connectivity index (χ1) is 10.2. The number of para-hydroxylation sites is 1. The van der Waals surface area contributed by atoms with Gasteiger partial charge in [0.1, 0.15) is 5.58 Å². The Morgan fingerprint density at radius 2 is 1.90 bits per heavy atom. The maximum absolute atomic E-state index is 12.2. The summed E-state index contributed by atoms with van der Waals surface area (Å²) in [6.07, 6.45) is 1.84. The Balaban J connectivity index is 2.05. The van der Waals surface area contributed by atoms with Gasteiger partial charge in [0.15, 0.2) is 5.76 Å². The lowest BCUT2D eigenvalue weighted by Crippen LogP contribution is -2.02. The molecule has 0 saturated heterocycles. The van der Waals surface area contributed by atoms with Crippen LogP contribution in [0.4, 0.5) is 0 Å². The van der Waals surface area contributed by atoms with Crippen LogP contribution in [0.15, 0.2) is 63.9 Å². The van der Waals surface area contributed by atoms with Crippen LogP contribution in [0.3, 0.4) is 0 Å². The lowest BCUT2D eigenvalue weighted by atomic mass is 10.1. The number of rotatable bonds is 1. The van der Waals surface area contributed by atoms with Crippen LogP contribution in [0.2, 0.25) is 0 Å². The van der Waals surface area contributed by atoms with Crippen molar-refractivity contribution >= 4 is 21.9 Å². The van der Waals surface area contributed by atoms with Crippen molar-refractivity contribution in [2.45, 2.75) is 0 Å². The molecule has 0 spiro atoms. The molecule has 4 nitrogen and oxygen atoms in total. The summed E-state index contributed by atoms with van der Waals surface area (Å²) in [6, 6.07) is 14.4. The standard InChI is InChI=1S/C17H11NO3/c19-15-12-3-1-2-4-14(12)21-17(16(15)20)11-5-6-13-10(9-11)7-8-18-13/h1-9,18,20H. The van der Waals surface area contributed by atoms with Crippen LogP contribution < -0.4 is 5.43 Å². The molecule has 0 atom stereocenters. The molecule has 0 aliphatic rings. The molecule has 4 heteroatoms. The van der Waals surface area contributed by atoms with E-state index in [1.807, 2.05) is 30.5 Å². The second-order valence-corrected chi connectivity index (χ2v) is 4.88. The Kier molecular flexibility index (Phi) is 2.38. The van der Waals surface area contributed by atoms with Gasteiger partial charge >= 0.3 is 0 Å². The van der Waals surface area contributed by atoms with E-state index in [4.69, 9.17) is 4.42 Å². The molecule has 0 unspecified atom stereocenters. The minimum absolute atomic E-state index is 0.196. The van der Waals surface area contributed by atoms with Crippen LogP contribution >= 0.6 is 0 Å². The summed E-state index contributed by atoms with van der Waals surface area (Å²) in [5.41, 5.74) is 1.70. The van der Waals surface area contributed by atoms with Gasteiger partial charge in [0.25, 0.3) is 0 Å². The molecule has 0 aliphatic heterocycles. The molecule has 0 amide bonds. The van der Waals surface area contributed by atoms with Crippen molar-refractivity contribution < 1.29 is 9.52 Å². The van der Waals surface area contributed by atoms with Crippen molar-refractivity contribution in [2.75, 3.05) is 0 Å². The molecule has 2 N–H and O–H groups in total. The van der Waals surface area contributed by atoms with Crippen molar-refractivity contribution in [3.05, 3.63) is 65.0 Å². The quantitative estimate of drug-likeness (QED) is 0.558. The highest BCUT2D eigenvalue weighted by molar-refractivity contribution is 5.87. The van der Waals surface area contributed by atoms with E-state index in [1.54, 1.807) is 24.3 Å². The van der Waals surface area contributed by atoms with Crippen LogP contribution in [0.5, 0.6) is 5.75 Å².